The molecule has 1 amide bonds. The van der Waals surface area contributed by atoms with Crippen LogP contribution >= 0.6 is 11.6 Å². The zero-order valence-corrected chi connectivity index (χ0v) is 10.5. The normalized spacial score (nSPS) is 10.5. The second kappa shape index (κ2) is 7.74. The monoisotopic (exact) mass is 253 g/mol. The highest BCUT2D eigenvalue weighted by Crippen LogP contribution is 2.12. The van der Waals surface area contributed by atoms with Crippen molar-refractivity contribution in [3.05, 3.63) is 35.9 Å². The van der Waals surface area contributed by atoms with Gasteiger partial charge in [-0.3, -0.25) is 4.79 Å². The molecular formula is C13H16ClNO2. The Balaban J connectivity index is 2.43. The summed E-state index contributed by atoms with van der Waals surface area (Å²) in [6, 6.07) is 7.49. The second-order valence-electron chi connectivity index (χ2n) is 3.44. The van der Waals surface area contributed by atoms with Crippen LogP contribution in [0.25, 0.3) is 6.08 Å². The number of carbonyl (C=O) groups excluding carboxylic acids is 1. The van der Waals surface area contributed by atoms with Gasteiger partial charge in [-0.25, -0.2) is 0 Å². The van der Waals surface area contributed by atoms with Crippen molar-refractivity contribution in [3.8, 4) is 5.75 Å². The van der Waals surface area contributed by atoms with Crippen LogP contribution in [-0.2, 0) is 4.79 Å². The van der Waals surface area contributed by atoms with E-state index in [-0.39, 0.29) is 5.91 Å². The fourth-order valence-electron chi connectivity index (χ4n) is 1.22. The number of methoxy groups -OCH3 is 1. The molecule has 0 spiro atoms. The van der Waals surface area contributed by atoms with Crippen LogP contribution in [-0.4, -0.2) is 25.4 Å². The number of ether oxygens (including phenoxy) is 1. The molecule has 0 aliphatic rings. The van der Waals surface area contributed by atoms with Gasteiger partial charge in [0.25, 0.3) is 0 Å². The number of halogens is 1. The minimum atomic E-state index is -0.106. The number of benzene rings is 1. The van der Waals surface area contributed by atoms with Crippen LogP contribution in [0.2, 0.25) is 0 Å². The molecule has 0 aromatic heterocycles. The third kappa shape index (κ3) is 5.41. The van der Waals surface area contributed by atoms with Gasteiger partial charge in [0.2, 0.25) is 5.91 Å². The predicted molar refractivity (Wildman–Crippen MR) is 70.4 cm³/mol. The van der Waals surface area contributed by atoms with Crippen LogP contribution in [0.5, 0.6) is 5.75 Å². The maximum atomic E-state index is 11.3. The fraction of sp³-hybridized carbons (Fsp3) is 0.308. The molecule has 0 aliphatic heterocycles. The van der Waals surface area contributed by atoms with Gasteiger partial charge >= 0.3 is 0 Å². The maximum Gasteiger partial charge on any atom is 0.243 e. The molecule has 0 bridgehead atoms. The summed E-state index contributed by atoms with van der Waals surface area (Å²) in [5, 5.41) is 2.74. The van der Waals surface area contributed by atoms with Gasteiger partial charge in [-0.05, 0) is 30.2 Å². The Labute approximate surface area is 106 Å². The van der Waals surface area contributed by atoms with Crippen LogP contribution < -0.4 is 10.1 Å². The van der Waals surface area contributed by atoms with Crippen LogP contribution in [0.15, 0.2) is 30.3 Å². The van der Waals surface area contributed by atoms with Crippen LogP contribution in [0.4, 0.5) is 0 Å². The molecule has 1 aromatic rings. The van der Waals surface area contributed by atoms with E-state index in [2.05, 4.69) is 5.32 Å². The highest BCUT2D eigenvalue weighted by atomic mass is 35.5. The summed E-state index contributed by atoms with van der Waals surface area (Å²) < 4.78 is 5.04. The van der Waals surface area contributed by atoms with E-state index in [4.69, 9.17) is 16.3 Å². The van der Waals surface area contributed by atoms with Gasteiger partial charge in [-0.2, -0.15) is 0 Å². The van der Waals surface area contributed by atoms with Crippen molar-refractivity contribution in [1.29, 1.82) is 0 Å². The van der Waals surface area contributed by atoms with E-state index in [1.165, 1.54) is 6.08 Å². The topological polar surface area (TPSA) is 38.3 Å². The first-order valence-corrected chi connectivity index (χ1v) is 5.95. The maximum absolute atomic E-state index is 11.3. The Hall–Kier alpha value is -1.48. The summed E-state index contributed by atoms with van der Waals surface area (Å²) in [7, 11) is 1.62. The van der Waals surface area contributed by atoms with Crippen molar-refractivity contribution in [1.82, 2.24) is 5.32 Å². The Morgan fingerprint density at radius 2 is 2.12 bits per heavy atom. The second-order valence-corrected chi connectivity index (χ2v) is 3.82. The molecule has 0 saturated heterocycles. The molecule has 0 saturated carbocycles. The summed E-state index contributed by atoms with van der Waals surface area (Å²) in [5.74, 6) is 1.25. The Bertz CT molecular complexity index is 374. The van der Waals surface area contributed by atoms with E-state index in [0.717, 1.165) is 17.7 Å². The third-order valence-electron chi connectivity index (χ3n) is 2.15. The average molecular weight is 254 g/mol. The SMILES string of the molecule is COc1ccc(/C=C/C(=O)NCCCCl)cc1. The number of hydrogen-bond acceptors (Lipinski definition) is 2. The summed E-state index contributed by atoms with van der Waals surface area (Å²) in [5.41, 5.74) is 0.957. The fourth-order valence-corrected chi connectivity index (χ4v) is 1.36. The van der Waals surface area contributed by atoms with Gasteiger partial charge in [0.05, 0.1) is 7.11 Å². The summed E-state index contributed by atoms with van der Waals surface area (Å²) in [4.78, 5) is 11.3. The summed E-state index contributed by atoms with van der Waals surface area (Å²) in [6.45, 7) is 0.606. The molecule has 0 atom stereocenters. The smallest absolute Gasteiger partial charge is 0.243 e. The van der Waals surface area contributed by atoms with E-state index in [1.807, 2.05) is 24.3 Å². The first-order chi connectivity index (χ1) is 8.26. The van der Waals surface area contributed by atoms with Crippen LogP contribution in [0.3, 0.4) is 0 Å². The van der Waals surface area contributed by atoms with E-state index in [9.17, 15) is 4.79 Å². The zero-order valence-electron chi connectivity index (χ0n) is 9.78. The van der Waals surface area contributed by atoms with Crippen LogP contribution in [0, 0.1) is 0 Å². The molecule has 92 valence electrons. The molecule has 3 nitrogen and oxygen atoms in total. The van der Waals surface area contributed by atoms with Gasteiger partial charge in [-0.15, -0.1) is 11.6 Å². The number of nitrogens with one attached hydrogen (secondary N) is 1. The molecule has 0 unspecified atom stereocenters. The number of alkyl halides is 1. The molecule has 0 aliphatic carbocycles. The highest BCUT2D eigenvalue weighted by molar-refractivity contribution is 6.17. The number of hydrogen-bond donors (Lipinski definition) is 1. The van der Waals surface area contributed by atoms with Gasteiger partial charge in [0.1, 0.15) is 5.75 Å². The molecule has 1 rings (SSSR count). The first-order valence-electron chi connectivity index (χ1n) is 5.42. The molecule has 0 radical (unpaired) electrons. The average Bonchev–Trinajstić information content (AvgIpc) is 2.37. The highest BCUT2D eigenvalue weighted by Gasteiger charge is 1.94. The molecule has 1 N–H and O–H groups in total. The Kier molecular flexibility index (Phi) is 6.18. The molecular weight excluding hydrogens is 238 g/mol. The predicted octanol–water partition coefficient (Wildman–Crippen LogP) is 2.45. The minimum absolute atomic E-state index is 0.106. The first kappa shape index (κ1) is 13.6. The van der Waals surface area contributed by atoms with Crippen LogP contribution in [0.1, 0.15) is 12.0 Å². The van der Waals surface area contributed by atoms with Crippen molar-refractivity contribution < 1.29 is 9.53 Å². The molecule has 1 aromatic carbocycles. The van der Waals surface area contributed by atoms with Gasteiger partial charge in [-0.1, -0.05) is 12.1 Å². The van der Waals surface area contributed by atoms with Gasteiger partial charge in [0.15, 0.2) is 0 Å². The largest absolute Gasteiger partial charge is 0.497 e. The van der Waals surface area contributed by atoms with Crippen molar-refractivity contribution in [2.45, 2.75) is 6.42 Å². The van der Waals surface area contributed by atoms with Crippen molar-refractivity contribution in [2.75, 3.05) is 19.5 Å². The molecule has 0 heterocycles. The standard InChI is InChI=1S/C13H16ClNO2/c1-17-12-6-3-11(4-7-12)5-8-13(16)15-10-2-9-14/h3-8H,2,9-10H2,1H3,(H,15,16)/b8-5+. The Morgan fingerprint density at radius 1 is 1.41 bits per heavy atom. The molecule has 17 heavy (non-hydrogen) atoms. The third-order valence-corrected chi connectivity index (χ3v) is 2.42. The van der Waals surface area contributed by atoms with E-state index >= 15 is 0 Å². The number of carbonyl (C=O) groups is 1. The lowest BCUT2D eigenvalue weighted by Gasteiger charge is -2.00. The Morgan fingerprint density at radius 3 is 2.71 bits per heavy atom. The van der Waals surface area contributed by atoms with Gasteiger partial charge < -0.3 is 10.1 Å². The lowest BCUT2D eigenvalue weighted by molar-refractivity contribution is -0.116. The van der Waals surface area contributed by atoms with Crippen molar-refractivity contribution in [2.24, 2.45) is 0 Å². The number of amides is 1. The lowest BCUT2D eigenvalue weighted by Crippen LogP contribution is -2.22. The van der Waals surface area contributed by atoms with E-state index < -0.39 is 0 Å². The van der Waals surface area contributed by atoms with E-state index in [0.29, 0.717) is 12.4 Å². The lowest BCUT2D eigenvalue weighted by atomic mass is 10.2. The van der Waals surface area contributed by atoms with Crippen molar-refractivity contribution in [3.63, 3.8) is 0 Å². The summed E-state index contributed by atoms with van der Waals surface area (Å²) in [6.07, 6.45) is 4.05. The van der Waals surface area contributed by atoms with Gasteiger partial charge in [0, 0.05) is 18.5 Å². The minimum Gasteiger partial charge on any atom is -0.497 e. The quantitative estimate of drug-likeness (QED) is 0.481. The van der Waals surface area contributed by atoms with E-state index in [1.54, 1.807) is 13.2 Å². The van der Waals surface area contributed by atoms with Crippen molar-refractivity contribution >= 4 is 23.6 Å². The number of rotatable bonds is 6. The molecule has 4 heteroatoms. The summed E-state index contributed by atoms with van der Waals surface area (Å²) >= 11 is 5.51. The zero-order chi connectivity index (χ0) is 12.5. The molecule has 0 fully saturated rings.